The summed E-state index contributed by atoms with van der Waals surface area (Å²) in [5.74, 6) is -1.45. The number of furan rings is 1. The van der Waals surface area contributed by atoms with Crippen molar-refractivity contribution in [1.29, 1.82) is 0 Å². The minimum Gasteiger partial charge on any atom is -0.475 e. The van der Waals surface area contributed by atoms with Gasteiger partial charge in [0.15, 0.2) is 9.84 Å². The van der Waals surface area contributed by atoms with E-state index in [4.69, 9.17) is 9.52 Å². The lowest BCUT2D eigenvalue weighted by Gasteiger charge is -2.03. The van der Waals surface area contributed by atoms with E-state index in [0.717, 1.165) is 0 Å². The van der Waals surface area contributed by atoms with Gasteiger partial charge < -0.3 is 9.52 Å². The Hall–Kier alpha value is -2.08. The first kappa shape index (κ1) is 14.3. The Morgan fingerprint density at radius 2 is 1.85 bits per heavy atom. The van der Waals surface area contributed by atoms with Crippen LogP contribution in [0.1, 0.15) is 27.4 Å². The zero-order valence-electron chi connectivity index (χ0n) is 10.9. The molecule has 1 heterocycles. The number of carboxylic acids is 1. The molecule has 6 heteroatoms. The van der Waals surface area contributed by atoms with Crippen molar-refractivity contribution in [1.82, 2.24) is 0 Å². The molecule has 1 aromatic carbocycles. The molecule has 0 aliphatic carbocycles. The van der Waals surface area contributed by atoms with Crippen LogP contribution in [0.5, 0.6) is 0 Å². The molecule has 20 heavy (non-hydrogen) atoms. The Labute approximate surface area is 116 Å². The molecular formula is C14H14O5S. The third-order valence-electron chi connectivity index (χ3n) is 2.84. The smallest absolute Gasteiger partial charge is 0.371 e. The summed E-state index contributed by atoms with van der Waals surface area (Å²) in [5.41, 5.74) is 1.09. The number of hydrogen-bond acceptors (Lipinski definition) is 4. The number of aromatic carboxylic acids is 1. The van der Waals surface area contributed by atoms with Gasteiger partial charge in [0.1, 0.15) is 5.76 Å². The Bertz CT molecular complexity index is 713. The van der Waals surface area contributed by atoms with Crippen molar-refractivity contribution in [2.75, 3.05) is 0 Å². The molecule has 1 N–H and O–H groups in total. The summed E-state index contributed by atoms with van der Waals surface area (Å²) in [6.45, 7) is 1.56. The second kappa shape index (κ2) is 5.50. The summed E-state index contributed by atoms with van der Waals surface area (Å²) in [5, 5.41) is 8.81. The number of sulfone groups is 1. The maximum Gasteiger partial charge on any atom is 0.371 e. The molecular weight excluding hydrogens is 280 g/mol. The third-order valence-corrected chi connectivity index (χ3v) is 4.36. The highest BCUT2D eigenvalue weighted by molar-refractivity contribution is 7.89. The molecule has 0 aliphatic heterocycles. The predicted molar refractivity (Wildman–Crippen MR) is 73.2 cm³/mol. The Morgan fingerprint density at radius 3 is 2.40 bits per heavy atom. The number of benzene rings is 1. The highest BCUT2D eigenvalue weighted by Crippen LogP contribution is 2.19. The molecule has 2 aromatic rings. The van der Waals surface area contributed by atoms with Crippen LogP contribution in [0.3, 0.4) is 0 Å². The SMILES string of the molecule is Cc1oc(C(=O)O)cc1CS(=O)(=O)Cc1ccccc1. The molecule has 0 bridgehead atoms. The lowest BCUT2D eigenvalue weighted by Crippen LogP contribution is -2.07. The summed E-state index contributed by atoms with van der Waals surface area (Å²) in [6.07, 6.45) is 0. The van der Waals surface area contributed by atoms with E-state index in [1.54, 1.807) is 31.2 Å². The van der Waals surface area contributed by atoms with Crippen LogP contribution in [0.2, 0.25) is 0 Å². The van der Waals surface area contributed by atoms with E-state index >= 15 is 0 Å². The van der Waals surface area contributed by atoms with Crippen molar-refractivity contribution in [3.05, 3.63) is 59.0 Å². The van der Waals surface area contributed by atoms with Gasteiger partial charge in [-0.05, 0) is 18.6 Å². The van der Waals surface area contributed by atoms with Crippen molar-refractivity contribution < 1.29 is 22.7 Å². The van der Waals surface area contributed by atoms with Crippen LogP contribution in [-0.2, 0) is 21.3 Å². The van der Waals surface area contributed by atoms with Gasteiger partial charge in [0.05, 0.1) is 11.5 Å². The summed E-state index contributed by atoms with van der Waals surface area (Å²) in [7, 11) is -3.38. The molecule has 0 amide bonds. The minimum atomic E-state index is -3.38. The van der Waals surface area contributed by atoms with Gasteiger partial charge in [-0.1, -0.05) is 30.3 Å². The first-order valence-electron chi connectivity index (χ1n) is 5.94. The van der Waals surface area contributed by atoms with Gasteiger partial charge >= 0.3 is 5.97 Å². The first-order valence-corrected chi connectivity index (χ1v) is 7.76. The van der Waals surface area contributed by atoms with Crippen molar-refractivity contribution in [3.8, 4) is 0 Å². The minimum absolute atomic E-state index is 0.0825. The van der Waals surface area contributed by atoms with Gasteiger partial charge in [-0.25, -0.2) is 13.2 Å². The first-order chi connectivity index (χ1) is 9.37. The molecule has 2 rings (SSSR count). The molecule has 0 aliphatic rings. The van der Waals surface area contributed by atoms with E-state index in [9.17, 15) is 13.2 Å². The summed E-state index contributed by atoms with van der Waals surface area (Å²) >= 11 is 0. The van der Waals surface area contributed by atoms with Crippen LogP contribution < -0.4 is 0 Å². The number of carboxylic acid groups (broad SMARTS) is 1. The molecule has 106 valence electrons. The fraction of sp³-hybridized carbons (Fsp3) is 0.214. The molecule has 0 spiro atoms. The average Bonchev–Trinajstić information content (AvgIpc) is 2.71. The number of carbonyl (C=O) groups is 1. The number of aryl methyl sites for hydroxylation is 1. The lowest BCUT2D eigenvalue weighted by molar-refractivity contribution is 0.0661. The standard InChI is InChI=1S/C14H14O5S/c1-10-12(7-13(19-10)14(15)16)9-20(17,18)8-11-5-3-2-4-6-11/h2-7H,8-9H2,1H3,(H,15,16). The molecule has 0 fully saturated rings. The Morgan fingerprint density at radius 1 is 1.20 bits per heavy atom. The normalized spacial score (nSPS) is 11.4. The van der Waals surface area contributed by atoms with E-state index < -0.39 is 15.8 Å². The Kier molecular flexibility index (Phi) is 3.94. The fourth-order valence-corrected chi connectivity index (χ4v) is 3.45. The zero-order chi connectivity index (χ0) is 14.8. The van der Waals surface area contributed by atoms with Gasteiger partial charge in [0.25, 0.3) is 0 Å². The number of hydrogen-bond donors (Lipinski definition) is 1. The van der Waals surface area contributed by atoms with Gasteiger partial charge in [0, 0.05) is 5.56 Å². The number of rotatable bonds is 5. The second-order valence-corrected chi connectivity index (χ2v) is 6.58. The molecule has 0 saturated carbocycles. The van der Waals surface area contributed by atoms with Crippen LogP contribution >= 0.6 is 0 Å². The van der Waals surface area contributed by atoms with Gasteiger partial charge in [-0.15, -0.1) is 0 Å². The van der Waals surface area contributed by atoms with Crippen LogP contribution in [-0.4, -0.2) is 19.5 Å². The highest BCUT2D eigenvalue weighted by atomic mass is 32.2. The average molecular weight is 294 g/mol. The van der Waals surface area contributed by atoms with Crippen molar-refractivity contribution in [3.63, 3.8) is 0 Å². The monoisotopic (exact) mass is 294 g/mol. The van der Waals surface area contributed by atoms with E-state index in [2.05, 4.69) is 0 Å². The molecule has 0 atom stereocenters. The van der Waals surface area contributed by atoms with Crippen LogP contribution in [0.15, 0.2) is 40.8 Å². The van der Waals surface area contributed by atoms with Gasteiger partial charge in [-0.3, -0.25) is 0 Å². The van der Waals surface area contributed by atoms with E-state index in [-0.39, 0.29) is 17.3 Å². The molecule has 0 unspecified atom stereocenters. The maximum atomic E-state index is 12.1. The highest BCUT2D eigenvalue weighted by Gasteiger charge is 2.19. The lowest BCUT2D eigenvalue weighted by atomic mass is 10.2. The van der Waals surface area contributed by atoms with Gasteiger partial charge in [-0.2, -0.15) is 0 Å². The summed E-state index contributed by atoms with van der Waals surface area (Å²) < 4.78 is 29.2. The van der Waals surface area contributed by atoms with Crippen molar-refractivity contribution >= 4 is 15.8 Å². The van der Waals surface area contributed by atoms with Crippen LogP contribution in [0.25, 0.3) is 0 Å². The molecule has 5 nitrogen and oxygen atoms in total. The Balaban J connectivity index is 2.18. The molecule has 0 radical (unpaired) electrons. The quantitative estimate of drug-likeness (QED) is 0.915. The van der Waals surface area contributed by atoms with E-state index in [0.29, 0.717) is 16.9 Å². The predicted octanol–water partition coefficient (Wildman–Crippen LogP) is 2.40. The summed E-state index contributed by atoms with van der Waals surface area (Å²) in [4.78, 5) is 10.8. The topological polar surface area (TPSA) is 84.6 Å². The van der Waals surface area contributed by atoms with Crippen molar-refractivity contribution in [2.24, 2.45) is 0 Å². The van der Waals surface area contributed by atoms with E-state index in [1.165, 1.54) is 6.07 Å². The maximum absolute atomic E-state index is 12.1. The fourth-order valence-electron chi connectivity index (χ4n) is 1.88. The summed E-state index contributed by atoms with van der Waals surface area (Å²) in [6, 6.07) is 10.1. The molecule has 0 saturated heterocycles. The largest absolute Gasteiger partial charge is 0.475 e. The zero-order valence-corrected chi connectivity index (χ0v) is 11.7. The van der Waals surface area contributed by atoms with Gasteiger partial charge in [0.2, 0.25) is 5.76 Å². The molecule has 1 aromatic heterocycles. The second-order valence-electron chi connectivity index (χ2n) is 4.52. The van der Waals surface area contributed by atoms with Crippen LogP contribution in [0, 0.1) is 6.92 Å². The third kappa shape index (κ3) is 3.48. The van der Waals surface area contributed by atoms with E-state index in [1.807, 2.05) is 6.07 Å². The van der Waals surface area contributed by atoms with Crippen molar-refractivity contribution in [2.45, 2.75) is 18.4 Å². The van der Waals surface area contributed by atoms with Crippen LogP contribution in [0.4, 0.5) is 0 Å².